The fraction of sp³-hybridized carbons (Fsp3) is 0.417. The van der Waals surface area contributed by atoms with Gasteiger partial charge in [0.1, 0.15) is 0 Å². The van der Waals surface area contributed by atoms with E-state index in [1.165, 1.54) is 5.57 Å². The van der Waals surface area contributed by atoms with Crippen molar-refractivity contribution < 1.29 is 0 Å². The number of hydrogen-bond acceptors (Lipinski definition) is 1. The lowest BCUT2D eigenvalue weighted by Gasteiger charge is -2.05. The average Bonchev–Trinajstić information content (AvgIpc) is 2.14. The van der Waals surface area contributed by atoms with E-state index in [0.29, 0.717) is 5.92 Å². The van der Waals surface area contributed by atoms with Crippen LogP contribution in [0.3, 0.4) is 0 Å². The van der Waals surface area contributed by atoms with Crippen LogP contribution in [0.15, 0.2) is 41.7 Å². The van der Waals surface area contributed by atoms with E-state index in [2.05, 4.69) is 37.4 Å². The summed E-state index contributed by atoms with van der Waals surface area (Å²) in [4.78, 5) is 0. The molecule has 0 aromatic carbocycles. The molecule has 0 aliphatic rings. The summed E-state index contributed by atoms with van der Waals surface area (Å²) in [6.45, 7) is 6.14. The van der Waals surface area contributed by atoms with E-state index in [1.807, 2.05) is 32.1 Å². The van der Waals surface area contributed by atoms with Gasteiger partial charge in [-0.15, -0.1) is 5.73 Å². The van der Waals surface area contributed by atoms with Gasteiger partial charge in [0.2, 0.25) is 0 Å². The lowest BCUT2D eigenvalue weighted by atomic mass is 10.0. The van der Waals surface area contributed by atoms with Gasteiger partial charge in [-0.2, -0.15) is 12.6 Å². The highest BCUT2D eigenvalue weighted by Gasteiger charge is 2.00. The second-order valence-electron chi connectivity index (χ2n) is 2.82. The summed E-state index contributed by atoms with van der Waals surface area (Å²) >= 11 is 4.26. The summed E-state index contributed by atoms with van der Waals surface area (Å²) in [6, 6.07) is 0. The largest absolute Gasteiger partial charge is 0.174 e. The molecule has 0 radical (unpaired) electrons. The zero-order valence-corrected chi connectivity index (χ0v) is 9.51. The molecule has 13 heavy (non-hydrogen) atoms. The van der Waals surface area contributed by atoms with E-state index in [9.17, 15) is 0 Å². The molecule has 0 rings (SSSR count). The van der Waals surface area contributed by atoms with Crippen LogP contribution < -0.4 is 0 Å². The fourth-order valence-electron chi connectivity index (χ4n) is 0.965. The molecule has 1 heteroatoms. The minimum absolute atomic E-state index is 0.421. The second-order valence-corrected chi connectivity index (χ2v) is 3.13. The minimum atomic E-state index is 0.421. The molecule has 0 aliphatic carbocycles. The number of allylic oxidation sites excluding steroid dienone is 4. The first-order chi connectivity index (χ1) is 6.26. The first-order valence-electron chi connectivity index (χ1n) is 4.56. The molecule has 0 fully saturated rings. The molecule has 0 spiro atoms. The van der Waals surface area contributed by atoms with Crippen molar-refractivity contribution in [2.75, 3.05) is 5.75 Å². The van der Waals surface area contributed by atoms with E-state index in [-0.39, 0.29) is 0 Å². The van der Waals surface area contributed by atoms with Gasteiger partial charge in [0.05, 0.1) is 0 Å². The van der Waals surface area contributed by atoms with Crippen molar-refractivity contribution >= 4 is 12.6 Å². The molecule has 0 nitrogen and oxygen atoms in total. The molecule has 72 valence electrons. The summed E-state index contributed by atoms with van der Waals surface area (Å²) < 4.78 is 0. The van der Waals surface area contributed by atoms with Crippen molar-refractivity contribution in [2.45, 2.75) is 20.8 Å². The van der Waals surface area contributed by atoms with E-state index < -0.39 is 0 Å². The Hall–Kier alpha value is -0.650. The highest BCUT2D eigenvalue weighted by atomic mass is 32.1. The van der Waals surface area contributed by atoms with Gasteiger partial charge in [0.15, 0.2) is 0 Å². The molecular formula is C12H18S. The Morgan fingerprint density at radius 3 is 2.54 bits per heavy atom. The van der Waals surface area contributed by atoms with E-state index in [1.54, 1.807) is 0 Å². The summed E-state index contributed by atoms with van der Waals surface area (Å²) in [5, 5.41) is 0. The zero-order valence-electron chi connectivity index (χ0n) is 8.62. The Kier molecular flexibility index (Phi) is 7.57. The van der Waals surface area contributed by atoms with Crippen molar-refractivity contribution in [3.05, 3.63) is 41.7 Å². The molecule has 1 unspecified atom stereocenters. The minimum Gasteiger partial charge on any atom is -0.174 e. The maximum Gasteiger partial charge on any atom is 0.0194 e. The van der Waals surface area contributed by atoms with E-state index in [4.69, 9.17) is 0 Å². The average molecular weight is 194 g/mol. The van der Waals surface area contributed by atoms with Crippen LogP contribution in [-0.4, -0.2) is 5.75 Å². The van der Waals surface area contributed by atoms with Gasteiger partial charge >= 0.3 is 0 Å². The summed E-state index contributed by atoms with van der Waals surface area (Å²) in [5.74, 6) is 1.19. The zero-order chi connectivity index (χ0) is 10.1. The SMILES string of the molecule is CC=C=C(CS)C(C)/C=C\C=C/C. The van der Waals surface area contributed by atoms with Crippen molar-refractivity contribution in [3.8, 4) is 0 Å². The molecule has 0 heterocycles. The molecule has 0 aromatic rings. The third-order valence-corrected chi connectivity index (χ3v) is 2.09. The monoisotopic (exact) mass is 194 g/mol. The molecule has 0 bridgehead atoms. The van der Waals surface area contributed by atoms with Gasteiger partial charge in [-0.05, 0) is 25.5 Å². The fourth-order valence-corrected chi connectivity index (χ4v) is 1.34. The van der Waals surface area contributed by atoms with E-state index in [0.717, 1.165) is 5.75 Å². The Morgan fingerprint density at radius 2 is 2.08 bits per heavy atom. The Labute approximate surface area is 87.2 Å². The Balaban J connectivity index is 4.39. The highest BCUT2D eigenvalue weighted by molar-refractivity contribution is 7.80. The molecule has 0 saturated carbocycles. The number of rotatable bonds is 4. The maximum absolute atomic E-state index is 4.26. The van der Waals surface area contributed by atoms with Crippen molar-refractivity contribution in [3.63, 3.8) is 0 Å². The van der Waals surface area contributed by atoms with Gasteiger partial charge in [0.25, 0.3) is 0 Å². The van der Waals surface area contributed by atoms with Crippen molar-refractivity contribution in [1.29, 1.82) is 0 Å². The first kappa shape index (κ1) is 12.3. The number of hydrogen-bond donors (Lipinski definition) is 1. The standard InChI is InChI=1S/C12H18S/c1-4-6-7-9-11(3)12(10-13)8-5-2/h4-7,9,11,13H,10H2,1-3H3/b6-4-,9-7-. The highest BCUT2D eigenvalue weighted by Crippen LogP contribution is 2.12. The van der Waals surface area contributed by atoms with E-state index >= 15 is 0 Å². The van der Waals surface area contributed by atoms with Crippen molar-refractivity contribution in [1.82, 2.24) is 0 Å². The maximum atomic E-state index is 4.26. The van der Waals surface area contributed by atoms with Gasteiger partial charge in [-0.3, -0.25) is 0 Å². The van der Waals surface area contributed by atoms with Crippen LogP contribution in [0.25, 0.3) is 0 Å². The predicted molar refractivity (Wildman–Crippen MR) is 64.2 cm³/mol. The van der Waals surface area contributed by atoms with Crippen LogP contribution in [0.2, 0.25) is 0 Å². The van der Waals surface area contributed by atoms with Crippen LogP contribution >= 0.6 is 12.6 Å². The quantitative estimate of drug-likeness (QED) is 0.393. The Morgan fingerprint density at radius 1 is 1.38 bits per heavy atom. The van der Waals surface area contributed by atoms with Gasteiger partial charge in [-0.25, -0.2) is 0 Å². The van der Waals surface area contributed by atoms with Crippen molar-refractivity contribution in [2.24, 2.45) is 5.92 Å². The Bertz CT molecular complexity index is 240. The van der Waals surface area contributed by atoms with Crippen LogP contribution in [0.5, 0.6) is 0 Å². The third-order valence-electron chi connectivity index (χ3n) is 1.75. The molecule has 0 saturated heterocycles. The van der Waals surface area contributed by atoms with Crippen LogP contribution in [0.1, 0.15) is 20.8 Å². The molecule has 0 aliphatic heterocycles. The molecule has 0 amide bonds. The normalized spacial score (nSPS) is 13.2. The molecular weight excluding hydrogens is 176 g/mol. The lowest BCUT2D eigenvalue weighted by Crippen LogP contribution is -1.95. The third kappa shape index (κ3) is 5.57. The molecule has 0 N–H and O–H groups in total. The van der Waals surface area contributed by atoms with Crippen LogP contribution in [0.4, 0.5) is 0 Å². The van der Waals surface area contributed by atoms with Crippen LogP contribution in [0, 0.1) is 5.92 Å². The first-order valence-corrected chi connectivity index (χ1v) is 5.19. The summed E-state index contributed by atoms with van der Waals surface area (Å²) in [5.41, 5.74) is 4.43. The second kappa shape index (κ2) is 7.97. The summed E-state index contributed by atoms with van der Waals surface area (Å²) in [7, 11) is 0. The smallest absolute Gasteiger partial charge is 0.0194 e. The summed E-state index contributed by atoms with van der Waals surface area (Å²) in [6.07, 6.45) is 10.2. The topological polar surface area (TPSA) is 0 Å². The van der Waals surface area contributed by atoms with Gasteiger partial charge < -0.3 is 0 Å². The molecule has 1 atom stereocenters. The predicted octanol–water partition coefficient (Wildman–Crippen LogP) is 3.79. The number of thiol groups is 1. The molecule has 0 aromatic heterocycles. The van der Waals surface area contributed by atoms with Gasteiger partial charge in [-0.1, -0.05) is 31.2 Å². The van der Waals surface area contributed by atoms with Gasteiger partial charge in [0, 0.05) is 11.7 Å². The lowest BCUT2D eigenvalue weighted by molar-refractivity contribution is 0.870. The van der Waals surface area contributed by atoms with Crippen LogP contribution in [-0.2, 0) is 0 Å².